The number of nitrogens with one attached hydrogen (secondary N) is 1. The van der Waals surface area contributed by atoms with Crippen molar-refractivity contribution >= 4 is 28.6 Å². The second-order valence-electron chi connectivity index (χ2n) is 6.16. The number of benzene rings is 3. The summed E-state index contributed by atoms with van der Waals surface area (Å²) in [6.45, 7) is 0. The predicted octanol–water partition coefficient (Wildman–Crippen LogP) is 3.61. The Bertz CT molecular complexity index is 1060. The van der Waals surface area contributed by atoms with Crippen LogP contribution in [0.5, 0.6) is 0 Å². The van der Waals surface area contributed by atoms with Gasteiger partial charge in [0.2, 0.25) is 0 Å². The first-order valence-electron chi connectivity index (χ1n) is 8.25. The summed E-state index contributed by atoms with van der Waals surface area (Å²) in [4.78, 5) is 22.4. The maximum absolute atomic E-state index is 12.1. The van der Waals surface area contributed by atoms with E-state index in [1.54, 1.807) is 6.21 Å². The molecule has 3 aromatic carbocycles. The Kier molecular flexibility index (Phi) is 3.93. The number of carbonyl (C=O) groups is 1. The minimum atomic E-state index is -0.535. The zero-order valence-electron chi connectivity index (χ0n) is 13.8. The lowest BCUT2D eigenvalue weighted by atomic mass is 10.0. The minimum absolute atomic E-state index is 0.130. The highest BCUT2D eigenvalue weighted by atomic mass is 16.6. The number of amides is 1. The molecule has 6 heteroatoms. The third-order valence-corrected chi connectivity index (χ3v) is 4.60. The first-order chi connectivity index (χ1) is 12.6. The van der Waals surface area contributed by atoms with Gasteiger partial charge in [0.1, 0.15) is 0 Å². The van der Waals surface area contributed by atoms with Crippen LogP contribution >= 0.6 is 0 Å². The molecular formula is C20H15N3O3. The summed E-state index contributed by atoms with van der Waals surface area (Å²) in [7, 11) is 0. The molecule has 1 amide bonds. The fourth-order valence-electron chi connectivity index (χ4n) is 3.37. The van der Waals surface area contributed by atoms with Gasteiger partial charge < -0.3 is 0 Å². The Hall–Kier alpha value is -3.54. The molecule has 26 heavy (non-hydrogen) atoms. The van der Waals surface area contributed by atoms with E-state index in [1.165, 1.54) is 40.8 Å². The first kappa shape index (κ1) is 16.0. The molecule has 4 rings (SSSR count). The number of non-ortho nitro benzene ring substituents is 1. The summed E-state index contributed by atoms with van der Waals surface area (Å²) in [5.41, 5.74) is 6.10. The number of aryl methyl sites for hydroxylation is 2. The quantitative estimate of drug-likeness (QED) is 0.445. The van der Waals surface area contributed by atoms with Crippen molar-refractivity contribution in [2.75, 3.05) is 0 Å². The number of hydrazone groups is 1. The molecule has 0 saturated heterocycles. The van der Waals surface area contributed by atoms with E-state index in [2.05, 4.69) is 28.7 Å². The smallest absolute Gasteiger partial charge is 0.267 e. The summed E-state index contributed by atoms with van der Waals surface area (Å²) < 4.78 is 0. The zero-order valence-corrected chi connectivity index (χ0v) is 13.8. The van der Waals surface area contributed by atoms with Crippen molar-refractivity contribution in [3.8, 4) is 0 Å². The van der Waals surface area contributed by atoms with Crippen LogP contribution in [0.3, 0.4) is 0 Å². The second-order valence-corrected chi connectivity index (χ2v) is 6.16. The van der Waals surface area contributed by atoms with Crippen molar-refractivity contribution in [1.82, 2.24) is 5.43 Å². The van der Waals surface area contributed by atoms with Crippen LogP contribution in [0.4, 0.5) is 5.69 Å². The number of rotatable bonds is 4. The maximum Gasteiger partial charge on any atom is 0.271 e. The third-order valence-electron chi connectivity index (χ3n) is 4.60. The van der Waals surface area contributed by atoms with Crippen LogP contribution in [0.2, 0.25) is 0 Å². The average Bonchev–Trinajstić information content (AvgIpc) is 3.08. The second kappa shape index (κ2) is 6.40. The lowest BCUT2D eigenvalue weighted by Gasteiger charge is -2.05. The summed E-state index contributed by atoms with van der Waals surface area (Å²) >= 11 is 0. The molecule has 1 aliphatic carbocycles. The molecule has 128 valence electrons. The molecular weight excluding hydrogens is 330 g/mol. The van der Waals surface area contributed by atoms with Gasteiger partial charge in [-0.15, -0.1) is 0 Å². The van der Waals surface area contributed by atoms with Crippen molar-refractivity contribution in [3.05, 3.63) is 87.0 Å². The maximum atomic E-state index is 12.1. The van der Waals surface area contributed by atoms with E-state index in [9.17, 15) is 14.9 Å². The van der Waals surface area contributed by atoms with Crippen LogP contribution in [0, 0.1) is 10.1 Å². The Morgan fingerprint density at radius 2 is 1.85 bits per heavy atom. The molecule has 0 aromatic heterocycles. The molecule has 0 unspecified atom stereocenters. The van der Waals surface area contributed by atoms with E-state index in [0.29, 0.717) is 0 Å². The molecule has 0 atom stereocenters. The van der Waals surface area contributed by atoms with Gasteiger partial charge in [-0.2, -0.15) is 5.10 Å². The van der Waals surface area contributed by atoms with Crippen molar-refractivity contribution in [1.29, 1.82) is 0 Å². The highest BCUT2D eigenvalue weighted by Gasteiger charge is 2.15. The fourth-order valence-corrected chi connectivity index (χ4v) is 3.37. The van der Waals surface area contributed by atoms with Gasteiger partial charge in [0.25, 0.3) is 11.6 Å². The van der Waals surface area contributed by atoms with Crippen LogP contribution in [0.1, 0.15) is 27.0 Å². The summed E-state index contributed by atoms with van der Waals surface area (Å²) in [5, 5.41) is 17.2. The summed E-state index contributed by atoms with van der Waals surface area (Å²) in [6, 6.07) is 15.9. The molecule has 0 bridgehead atoms. The molecule has 0 spiro atoms. The Morgan fingerprint density at radius 1 is 1.08 bits per heavy atom. The average molecular weight is 345 g/mol. The van der Waals surface area contributed by atoms with Crippen LogP contribution in [0.15, 0.2) is 59.7 Å². The molecule has 1 N–H and O–H groups in total. The van der Waals surface area contributed by atoms with Crippen molar-refractivity contribution in [2.45, 2.75) is 12.8 Å². The van der Waals surface area contributed by atoms with Gasteiger partial charge >= 0.3 is 0 Å². The van der Waals surface area contributed by atoms with Crippen LogP contribution in [0.25, 0.3) is 10.8 Å². The standard InChI is InChI=1S/C20H15N3O3/c24-20(15-4-1-5-17(11-15)23(25)26)22-21-12-16-10-9-14-8-7-13-3-2-6-18(16)19(13)14/h1-6,9-12H,7-8H2,(H,22,24)/b21-12-. The largest absolute Gasteiger partial charge is 0.271 e. The SMILES string of the molecule is O=C(N/N=C\c1ccc2c3c(cccc13)CC2)c1cccc([N+](=O)[O-])c1. The molecule has 0 saturated carbocycles. The van der Waals surface area contributed by atoms with Gasteiger partial charge in [0, 0.05) is 23.3 Å². The topological polar surface area (TPSA) is 84.6 Å². The lowest BCUT2D eigenvalue weighted by molar-refractivity contribution is -0.384. The molecule has 0 fully saturated rings. The monoisotopic (exact) mass is 345 g/mol. The molecule has 0 heterocycles. The fraction of sp³-hybridized carbons (Fsp3) is 0.100. The molecule has 3 aromatic rings. The number of hydrogen-bond donors (Lipinski definition) is 1. The van der Waals surface area contributed by atoms with Gasteiger partial charge in [0.05, 0.1) is 11.1 Å². The minimum Gasteiger partial charge on any atom is -0.267 e. The molecule has 1 aliphatic rings. The Morgan fingerprint density at radius 3 is 2.65 bits per heavy atom. The van der Waals surface area contributed by atoms with Crippen LogP contribution < -0.4 is 5.43 Å². The van der Waals surface area contributed by atoms with Gasteiger partial charge in [-0.25, -0.2) is 5.43 Å². The predicted molar refractivity (Wildman–Crippen MR) is 99.5 cm³/mol. The van der Waals surface area contributed by atoms with Gasteiger partial charge in [0.15, 0.2) is 0 Å². The number of nitrogens with zero attached hydrogens (tertiary/aromatic N) is 2. The van der Waals surface area contributed by atoms with Gasteiger partial charge in [-0.05, 0) is 40.8 Å². The number of hydrogen-bond acceptors (Lipinski definition) is 4. The van der Waals surface area contributed by atoms with Crippen molar-refractivity contribution in [2.24, 2.45) is 5.10 Å². The van der Waals surface area contributed by atoms with E-state index >= 15 is 0 Å². The van der Waals surface area contributed by atoms with Crippen molar-refractivity contribution < 1.29 is 9.72 Å². The lowest BCUT2D eigenvalue weighted by Crippen LogP contribution is -2.17. The van der Waals surface area contributed by atoms with Crippen LogP contribution in [-0.4, -0.2) is 17.0 Å². The Balaban J connectivity index is 1.56. The summed E-state index contributed by atoms with van der Waals surface area (Å²) in [5.74, 6) is -0.490. The third kappa shape index (κ3) is 2.82. The van der Waals surface area contributed by atoms with E-state index in [-0.39, 0.29) is 11.3 Å². The van der Waals surface area contributed by atoms with Gasteiger partial charge in [-0.1, -0.05) is 36.4 Å². The van der Waals surface area contributed by atoms with Crippen molar-refractivity contribution in [3.63, 3.8) is 0 Å². The Labute approximate surface area is 149 Å². The number of nitro groups is 1. The van der Waals surface area contributed by atoms with E-state index in [4.69, 9.17) is 0 Å². The highest BCUT2D eigenvalue weighted by Crippen LogP contribution is 2.32. The van der Waals surface area contributed by atoms with Crippen LogP contribution in [-0.2, 0) is 12.8 Å². The normalized spacial score (nSPS) is 12.6. The van der Waals surface area contributed by atoms with E-state index in [1.807, 2.05) is 12.1 Å². The number of nitro benzene ring substituents is 1. The number of carbonyl (C=O) groups excluding carboxylic acids is 1. The molecule has 6 nitrogen and oxygen atoms in total. The first-order valence-corrected chi connectivity index (χ1v) is 8.25. The molecule has 0 aliphatic heterocycles. The van der Waals surface area contributed by atoms with Gasteiger partial charge in [-0.3, -0.25) is 14.9 Å². The zero-order chi connectivity index (χ0) is 18.1. The summed E-state index contributed by atoms with van der Waals surface area (Å²) in [6.07, 6.45) is 3.71. The van der Waals surface area contributed by atoms with E-state index < -0.39 is 10.8 Å². The highest BCUT2D eigenvalue weighted by molar-refractivity contribution is 6.03. The van der Waals surface area contributed by atoms with E-state index in [0.717, 1.165) is 23.8 Å². The molecule has 0 radical (unpaired) electrons.